The van der Waals surface area contributed by atoms with Crippen LogP contribution in [0.2, 0.25) is 0 Å². The number of amides is 1. The third kappa shape index (κ3) is 7.28. The molecular formula is C9H18N2O. The summed E-state index contributed by atoms with van der Waals surface area (Å²) in [5, 5.41) is 5.88. The van der Waals surface area contributed by atoms with Gasteiger partial charge in [-0.3, -0.25) is 4.79 Å². The van der Waals surface area contributed by atoms with Crippen molar-refractivity contribution in [3.63, 3.8) is 0 Å². The zero-order valence-corrected chi connectivity index (χ0v) is 7.89. The number of nitrogens with one attached hydrogen (secondary N) is 2. The van der Waals surface area contributed by atoms with Crippen LogP contribution in [0.1, 0.15) is 20.3 Å². The fourth-order valence-electron chi connectivity index (χ4n) is 0.749. The number of carbonyl (C=O) groups excluding carboxylic acids is 1. The van der Waals surface area contributed by atoms with Crippen LogP contribution in [0.5, 0.6) is 0 Å². The molecule has 0 radical (unpaired) electrons. The molecule has 1 amide bonds. The maximum atomic E-state index is 11.0. The SMILES string of the molecule is C=CCNC(=O)CCNC(C)C. The van der Waals surface area contributed by atoms with Crippen molar-refractivity contribution in [1.82, 2.24) is 10.6 Å². The third-order valence-electron chi connectivity index (χ3n) is 1.35. The van der Waals surface area contributed by atoms with Gasteiger partial charge in [-0.1, -0.05) is 19.9 Å². The van der Waals surface area contributed by atoms with E-state index in [1.807, 2.05) is 0 Å². The largest absolute Gasteiger partial charge is 0.353 e. The van der Waals surface area contributed by atoms with Crippen LogP contribution in [0.3, 0.4) is 0 Å². The Morgan fingerprint density at radius 1 is 1.58 bits per heavy atom. The molecule has 0 aromatic rings. The fourth-order valence-corrected chi connectivity index (χ4v) is 0.749. The summed E-state index contributed by atoms with van der Waals surface area (Å²) in [5.74, 6) is 0.0723. The van der Waals surface area contributed by atoms with Crippen molar-refractivity contribution in [2.24, 2.45) is 0 Å². The van der Waals surface area contributed by atoms with Crippen LogP contribution in [0.15, 0.2) is 12.7 Å². The van der Waals surface area contributed by atoms with Gasteiger partial charge in [0.15, 0.2) is 0 Å². The molecule has 0 atom stereocenters. The van der Waals surface area contributed by atoms with Crippen molar-refractivity contribution in [2.45, 2.75) is 26.3 Å². The van der Waals surface area contributed by atoms with E-state index in [1.165, 1.54) is 0 Å². The van der Waals surface area contributed by atoms with Crippen molar-refractivity contribution >= 4 is 5.91 Å². The molecule has 0 fully saturated rings. The quantitative estimate of drug-likeness (QED) is 0.575. The second kappa shape index (κ2) is 6.85. The monoisotopic (exact) mass is 170 g/mol. The molecule has 0 aromatic heterocycles. The summed E-state index contributed by atoms with van der Waals surface area (Å²) >= 11 is 0. The first-order valence-corrected chi connectivity index (χ1v) is 4.27. The van der Waals surface area contributed by atoms with Gasteiger partial charge in [0.2, 0.25) is 5.91 Å². The second-order valence-electron chi connectivity index (χ2n) is 2.95. The summed E-state index contributed by atoms with van der Waals surface area (Å²) in [5.41, 5.74) is 0. The van der Waals surface area contributed by atoms with Crippen LogP contribution in [-0.4, -0.2) is 25.0 Å². The molecule has 0 aliphatic heterocycles. The van der Waals surface area contributed by atoms with Crippen molar-refractivity contribution in [3.05, 3.63) is 12.7 Å². The molecule has 0 heterocycles. The summed E-state index contributed by atoms with van der Waals surface area (Å²) in [4.78, 5) is 11.0. The maximum Gasteiger partial charge on any atom is 0.221 e. The highest BCUT2D eigenvalue weighted by Crippen LogP contribution is 1.80. The molecule has 0 saturated heterocycles. The number of hydrogen-bond donors (Lipinski definition) is 2. The first kappa shape index (κ1) is 11.2. The molecule has 12 heavy (non-hydrogen) atoms. The van der Waals surface area contributed by atoms with E-state index < -0.39 is 0 Å². The highest BCUT2D eigenvalue weighted by atomic mass is 16.1. The number of carbonyl (C=O) groups is 1. The lowest BCUT2D eigenvalue weighted by atomic mass is 10.3. The number of hydrogen-bond acceptors (Lipinski definition) is 2. The van der Waals surface area contributed by atoms with Crippen LogP contribution >= 0.6 is 0 Å². The first-order valence-electron chi connectivity index (χ1n) is 4.27. The van der Waals surface area contributed by atoms with E-state index in [9.17, 15) is 4.79 Å². The molecule has 0 bridgehead atoms. The van der Waals surface area contributed by atoms with Gasteiger partial charge in [0.25, 0.3) is 0 Å². The molecule has 3 nitrogen and oxygen atoms in total. The Morgan fingerprint density at radius 2 is 2.25 bits per heavy atom. The van der Waals surface area contributed by atoms with Crippen molar-refractivity contribution in [3.8, 4) is 0 Å². The molecule has 0 unspecified atom stereocenters. The van der Waals surface area contributed by atoms with Gasteiger partial charge in [0.1, 0.15) is 0 Å². The van der Waals surface area contributed by atoms with Gasteiger partial charge in [0.05, 0.1) is 0 Å². The van der Waals surface area contributed by atoms with Gasteiger partial charge in [-0.25, -0.2) is 0 Å². The zero-order chi connectivity index (χ0) is 9.40. The molecule has 0 aliphatic carbocycles. The van der Waals surface area contributed by atoms with Crippen LogP contribution in [-0.2, 0) is 4.79 Å². The molecular weight excluding hydrogens is 152 g/mol. The lowest BCUT2D eigenvalue weighted by Crippen LogP contribution is -2.30. The summed E-state index contributed by atoms with van der Waals surface area (Å²) in [6.07, 6.45) is 2.21. The molecule has 0 aromatic carbocycles. The maximum absolute atomic E-state index is 11.0. The van der Waals surface area contributed by atoms with Crippen LogP contribution < -0.4 is 10.6 Å². The minimum atomic E-state index is 0.0723. The average Bonchev–Trinajstić information content (AvgIpc) is 2.00. The van der Waals surface area contributed by atoms with Gasteiger partial charge in [-0.05, 0) is 0 Å². The molecule has 0 spiro atoms. The Balaban J connectivity index is 3.25. The van der Waals surface area contributed by atoms with E-state index in [2.05, 4.69) is 31.1 Å². The number of rotatable bonds is 6. The normalized spacial score (nSPS) is 9.92. The minimum absolute atomic E-state index is 0.0723. The molecule has 0 saturated carbocycles. The Hall–Kier alpha value is -0.830. The second-order valence-corrected chi connectivity index (χ2v) is 2.95. The smallest absolute Gasteiger partial charge is 0.221 e. The molecule has 3 heteroatoms. The topological polar surface area (TPSA) is 41.1 Å². The highest BCUT2D eigenvalue weighted by Gasteiger charge is 1.98. The molecule has 70 valence electrons. The summed E-state index contributed by atoms with van der Waals surface area (Å²) in [7, 11) is 0. The predicted octanol–water partition coefficient (Wildman–Crippen LogP) is 0.677. The first-order chi connectivity index (χ1) is 5.66. The average molecular weight is 170 g/mol. The summed E-state index contributed by atoms with van der Waals surface area (Å²) in [6, 6.07) is 0.442. The van der Waals surface area contributed by atoms with E-state index in [1.54, 1.807) is 6.08 Å². The molecule has 0 aliphatic rings. The third-order valence-corrected chi connectivity index (χ3v) is 1.35. The van der Waals surface area contributed by atoms with Gasteiger partial charge in [-0.15, -0.1) is 6.58 Å². The van der Waals surface area contributed by atoms with Gasteiger partial charge >= 0.3 is 0 Å². The summed E-state index contributed by atoms with van der Waals surface area (Å²) < 4.78 is 0. The van der Waals surface area contributed by atoms with E-state index in [-0.39, 0.29) is 5.91 Å². The van der Waals surface area contributed by atoms with E-state index in [0.717, 1.165) is 6.54 Å². The van der Waals surface area contributed by atoms with E-state index in [0.29, 0.717) is 19.0 Å². The lowest BCUT2D eigenvalue weighted by molar-refractivity contribution is -0.120. The van der Waals surface area contributed by atoms with E-state index >= 15 is 0 Å². The zero-order valence-electron chi connectivity index (χ0n) is 7.89. The van der Waals surface area contributed by atoms with Gasteiger partial charge in [-0.2, -0.15) is 0 Å². The van der Waals surface area contributed by atoms with Gasteiger partial charge in [0, 0.05) is 25.6 Å². The van der Waals surface area contributed by atoms with Crippen molar-refractivity contribution < 1.29 is 4.79 Å². The Bertz CT molecular complexity index is 143. The molecule has 0 rings (SSSR count). The lowest BCUT2D eigenvalue weighted by Gasteiger charge is -2.07. The summed E-state index contributed by atoms with van der Waals surface area (Å²) in [6.45, 7) is 8.92. The van der Waals surface area contributed by atoms with Crippen LogP contribution in [0, 0.1) is 0 Å². The van der Waals surface area contributed by atoms with E-state index in [4.69, 9.17) is 0 Å². The van der Waals surface area contributed by atoms with Crippen molar-refractivity contribution in [2.75, 3.05) is 13.1 Å². The Labute approximate surface area is 74.2 Å². The Kier molecular flexibility index (Phi) is 6.38. The highest BCUT2D eigenvalue weighted by molar-refractivity contribution is 5.76. The fraction of sp³-hybridized carbons (Fsp3) is 0.667. The Morgan fingerprint density at radius 3 is 2.75 bits per heavy atom. The van der Waals surface area contributed by atoms with Crippen LogP contribution in [0.4, 0.5) is 0 Å². The van der Waals surface area contributed by atoms with Gasteiger partial charge < -0.3 is 10.6 Å². The standard InChI is InChI=1S/C9H18N2O/c1-4-6-11-9(12)5-7-10-8(2)3/h4,8,10H,1,5-7H2,2-3H3,(H,11,12). The molecule has 2 N–H and O–H groups in total. The minimum Gasteiger partial charge on any atom is -0.353 e. The predicted molar refractivity (Wildman–Crippen MR) is 51.0 cm³/mol. The van der Waals surface area contributed by atoms with Crippen LogP contribution in [0.25, 0.3) is 0 Å². The van der Waals surface area contributed by atoms with Crippen molar-refractivity contribution in [1.29, 1.82) is 0 Å².